The molecular weight excluding hydrogens is 308 g/mol. The van der Waals surface area contributed by atoms with E-state index in [0.29, 0.717) is 38.2 Å². The van der Waals surface area contributed by atoms with Gasteiger partial charge in [0.15, 0.2) is 0 Å². The maximum absolute atomic E-state index is 12.6. The highest BCUT2D eigenvalue weighted by molar-refractivity contribution is 7.89. The fourth-order valence-electron chi connectivity index (χ4n) is 2.81. The Bertz CT molecular complexity index is 663. The second-order valence-corrected chi connectivity index (χ2v) is 7.44. The predicted octanol–water partition coefficient (Wildman–Crippen LogP) is 0.958. The molecule has 0 radical (unpaired) electrons. The number of amides is 1. The molecule has 8 heteroatoms. The van der Waals surface area contributed by atoms with Crippen LogP contribution in [0, 0.1) is 0 Å². The number of carbonyl (C=O) groups is 1. The zero-order chi connectivity index (χ0) is 15.8. The first kappa shape index (κ1) is 15.1. The number of hydrogen-bond donors (Lipinski definition) is 1. The highest BCUT2D eigenvalue weighted by Gasteiger charge is 2.45. The van der Waals surface area contributed by atoms with Gasteiger partial charge in [-0.15, -0.1) is 0 Å². The minimum atomic E-state index is -3.53. The van der Waals surface area contributed by atoms with Crippen LogP contribution in [0.5, 0.6) is 5.75 Å². The number of alkyl carbamates (subject to hydrolysis) is 1. The van der Waals surface area contributed by atoms with Gasteiger partial charge in [-0.2, -0.15) is 4.31 Å². The summed E-state index contributed by atoms with van der Waals surface area (Å²) in [5.41, 5.74) is -0.553. The van der Waals surface area contributed by atoms with Crippen molar-refractivity contribution in [3.05, 3.63) is 24.3 Å². The molecule has 2 aliphatic rings. The average Bonchev–Trinajstić information content (AvgIpc) is 2.88. The van der Waals surface area contributed by atoms with E-state index in [4.69, 9.17) is 9.47 Å². The van der Waals surface area contributed by atoms with Gasteiger partial charge in [0.25, 0.3) is 0 Å². The summed E-state index contributed by atoms with van der Waals surface area (Å²) in [6.07, 6.45) is 0.578. The summed E-state index contributed by atoms with van der Waals surface area (Å²) in [6, 6.07) is 6.33. The van der Waals surface area contributed by atoms with Crippen molar-refractivity contribution in [1.82, 2.24) is 9.62 Å². The fraction of sp³-hybridized carbons (Fsp3) is 0.500. The SMILES string of the molecule is COc1ccc(S(=O)(=O)N2CCC3(CC2)CNC(=O)O3)cc1. The molecule has 0 atom stereocenters. The van der Waals surface area contributed by atoms with Crippen LogP contribution >= 0.6 is 0 Å². The van der Waals surface area contributed by atoms with Gasteiger partial charge in [0.05, 0.1) is 18.6 Å². The molecule has 120 valence electrons. The fourth-order valence-corrected chi connectivity index (χ4v) is 4.25. The van der Waals surface area contributed by atoms with Crippen LogP contribution in [-0.4, -0.2) is 51.2 Å². The van der Waals surface area contributed by atoms with E-state index in [9.17, 15) is 13.2 Å². The first-order valence-corrected chi connectivity index (χ1v) is 8.50. The number of nitrogens with one attached hydrogen (secondary N) is 1. The predicted molar refractivity (Wildman–Crippen MR) is 78.2 cm³/mol. The van der Waals surface area contributed by atoms with Gasteiger partial charge in [0, 0.05) is 25.9 Å². The minimum absolute atomic E-state index is 0.241. The Morgan fingerprint density at radius 1 is 1.23 bits per heavy atom. The molecule has 0 bridgehead atoms. The van der Waals surface area contributed by atoms with E-state index in [-0.39, 0.29) is 4.90 Å². The number of nitrogens with zero attached hydrogens (tertiary/aromatic N) is 1. The van der Waals surface area contributed by atoms with E-state index >= 15 is 0 Å². The lowest BCUT2D eigenvalue weighted by Gasteiger charge is -2.36. The van der Waals surface area contributed by atoms with Crippen molar-refractivity contribution in [2.75, 3.05) is 26.7 Å². The van der Waals surface area contributed by atoms with Crippen LogP contribution < -0.4 is 10.1 Å². The third-order valence-corrected chi connectivity index (χ3v) is 6.11. The second kappa shape index (κ2) is 5.44. The molecule has 2 fully saturated rings. The van der Waals surface area contributed by atoms with Crippen molar-refractivity contribution in [2.24, 2.45) is 0 Å². The number of piperidine rings is 1. The zero-order valence-corrected chi connectivity index (χ0v) is 13.1. The van der Waals surface area contributed by atoms with Crippen LogP contribution in [0.2, 0.25) is 0 Å². The smallest absolute Gasteiger partial charge is 0.407 e. The Balaban J connectivity index is 1.72. The molecular formula is C14H18N2O5S. The number of benzene rings is 1. The first-order chi connectivity index (χ1) is 10.5. The highest BCUT2D eigenvalue weighted by Crippen LogP contribution is 2.32. The van der Waals surface area contributed by atoms with Gasteiger partial charge in [-0.1, -0.05) is 0 Å². The van der Waals surface area contributed by atoms with E-state index in [0.717, 1.165) is 0 Å². The minimum Gasteiger partial charge on any atom is -0.497 e. The Hall–Kier alpha value is -1.80. The van der Waals surface area contributed by atoms with Gasteiger partial charge in [-0.25, -0.2) is 13.2 Å². The maximum atomic E-state index is 12.6. The molecule has 2 saturated heterocycles. The molecule has 7 nitrogen and oxygen atoms in total. The van der Waals surface area contributed by atoms with Crippen LogP contribution in [0.1, 0.15) is 12.8 Å². The second-order valence-electron chi connectivity index (χ2n) is 5.51. The van der Waals surface area contributed by atoms with Gasteiger partial charge in [-0.3, -0.25) is 0 Å². The van der Waals surface area contributed by atoms with Crippen LogP contribution in [0.25, 0.3) is 0 Å². The number of carbonyl (C=O) groups excluding carboxylic acids is 1. The van der Waals surface area contributed by atoms with Crippen molar-refractivity contribution in [2.45, 2.75) is 23.3 Å². The Labute approximate surface area is 129 Å². The molecule has 2 heterocycles. The molecule has 0 aromatic heterocycles. The van der Waals surface area contributed by atoms with Crippen LogP contribution in [0.4, 0.5) is 4.79 Å². The maximum Gasteiger partial charge on any atom is 0.407 e. The molecule has 22 heavy (non-hydrogen) atoms. The van der Waals surface area contributed by atoms with E-state index in [1.54, 1.807) is 12.1 Å². The van der Waals surface area contributed by atoms with Gasteiger partial charge < -0.3 is 14.8 Å². The van der Waals surface area contributed by atoms with Gasteiger partial charge in [-0.05, 0) is 24.3 Å². The summed E-state index contributed by atoms with van der Waals surface area (Å²) in [4.78, 5) is 11.4. The largest absolute Gasteiger partial charge is 0.497 e. The third kappa shape index (κ3) is 2.64. The van der Waals surface area contributed by atoms with Crippen molar-refractivity contribution < 1.29 is 22.7 Å². The summed E-state index contributed by atoms with van der Waals surface area (Å²) in [6.45, 7) is 1.12. The molecule has 1 spiro atoms. The molecule has 3 rings (SSSR count). The van der Waals surface area contributed by atoms with Crippen LogP contribution in [-0.2, 0) is 14.8 Å². The van der Waals surface area contributed by atoms with Crippen molar-refractivity contribution >= 4 is 16.1 Å². The standard InChI is InChI=1S/C14H18N2O5S/c1-20-11-2-4-12(5-3-11)22(18,19)16-8-6-14(7-9-16)10-15-13(17)21-14/h2-5H,6-10H2,1H3,(H,15,17). The molecule has 1 aromatic rings. The van der Waals surface area contributed by atoms with E-state index in [2.05, 4.69) is 5.32 Å². The highest BCUT2D eigenvalue weighted by atomic mass is 32.2. The summed E-state index contributed by atoms with van der Waals surface area (Å²) in [7, 11) is -2.00. The van der Waals surface area contributed by atoms with Gasteiger partial charge >= 0.3 is 6.09 Å². The normalized spacial score (nSPS) is 21.4. The average molecular weight is 326 g/mol. The molecule has 1 aromatic carbocycles. The lowest BCUT2D eigenvalue weighted by atomic mass is 9.93. The molecule has 1 amide bonds. The molecule has 0 unspecified atom stereocenters. The van der Waals surface area contributed by atoms with E-state index in [1.807, 2.05) is 0 Å². The molecule has 0 saturated carbocycles. The summed E-state index contributed by atoms with van der Waals surface area (Å²) >= 11 is 0. The first-order valence-electron chi connectivity index (χ1n) is 7.06. The Morgan fingerprint density at radius 2 is 1.86 bits per heavy atom. The Kier molecular flexibility index (Phi) is 3.73. The Morgan fingerprint density at radius 3 is 2.36 bits per heavy atom. The summed E-state index contributed by atoms with van der Waals surface area (Å²) in [5.74, 6) is 0.612. The number of rotatable bonds is 3. The number of methoxy groups -OCH3 is 1. The third-order valence-electron chi connectivity index (χ3n) is 4.19. The molecule has 2 aliphatic heterocycles. The lowest BCUT2D eigenvalue weighted by Crippen LogP contribution is -2.48. The molecule has 0 aliphatic carbocycles. The topological polar surface area (TPSA) is 84.9 Å². The number of hydrogen-bond acceptors (Lipinski definition) is 5. The molecule has 1 N–H and O–H groups in total. The van der Waals surface area contributed by atoms with E-state index < -0.39 is 21.7 Å². The van der Waals surface area contributed by atoms with Crippen LogP contribution in [0.15, 0.2) is 29.2 Å². The van der Waals surface area contributed by atoms with Gasteiger partial charge in [0.2, 0.25) is 10.0 Å². The quantitative estimate of drug-likeness (QED) is 0.894. The van der Waals surface area contributed by atoms with Crippen LogP contribution in [0.3, 0.4) is 0 Å². The van der Waals surface area contributed by atoms with Gasteiger partial charge in [0.1, 0.15) is 11.4 Å². The summed E-state index contributed by atoms with van der Waals surface area (Å²) in [5, 5.41) is 2.63. The van der Waals surface area contributed by atoms with E-state index in [1.165, 1.54) is 23.5 Å². The number of sulfonamides is 1. The summed E-state index contributed by atoms with van der Waals surface area (Å²) < 4.78 is 37.0. The number of ether oxygens (including phenoxy) is 2. The zero-order valence-electron chi connectivity index (χ0n) is 12.2. The van der Waals surface area contributed by atoms with Crippen molar-refractivity contribution in [3.8, 4) is 5.75 Å². The lowest BCUT2D eigenvalue weighted by molar-refractivity contribution is 0.0173. The monoisotopic (exact) mass is 326 g/mol. The van der Waals surface area contributed by atoms with Crippen molar-refractivity contribution in [3.63, 3.8) is 0 Å². The van der Waals surface area contributed by atoms with Crippen molar-refractivity contribution in [1.29, 1.82) is 0 Å².